The summed E-state index contributed by atoms with van der Waals surface area (Å²) in [6.07, 6.45) is 3.85. The fourth-order valence-corrected chi connectivity index (χ4v) is 2.10. The van der Waals surface area contributed by atoms with Crippen LogP contribution < -0.4 is 5.32 Å². The third-order valence-corrected chi connectivity index (χ3v) is 3.00. The van der Waals surface area contributed by atoms with E-state index in [9.17, 15) is 13.9 Å². The van der Waals surface area contributed by atoms with E-state index in [2.05, 4.69) is 5.32 Å². The number of hydrogen-bond donors (Lipinski definition) is 2. The van der Waals surface area contributed by atoms with E-state index in [-0.39, 0.29) is 11.8 Å². The predicted molar refractivity (Wildman–Crippen MR) is 57.4 cm³/mol. The summed E-state index contributed by atoms with van der Waals surface area (Å²) in [5, 5.41) is 12.8. The van der Waals surface area contributed by atoms with Crippen LogP contribution >= 0.6 is 0 Å². The maximum atomic E-state index is 13.0. The smallest absolute Gasteiger partial charge is 0.162 e. The van der Waals surface area contributed by atoms with Gasteiger partial charge in [-0.1, -0.05) is 6.42 Å². The van der Waals surface area contributed by atoms with Crippen LogP contribution in [0.3, 0.4) is 0 Å². The first-order valence-electron chi connectivity index (χ1n) is 5.57. The Bertz CT molecular complexity index is 376. The minimum atomic E-state index is -1.00. The van der Waals surface area contributed by atoms with Gasteiger partial charge in [-0.05, 0) is 37.4 Å². The number of nitrogens with one attached hydrogen (secondary N) is 1. The van der Waals surface area contributed by atoms with E-state index in [4.69, 9.17) is 0 Å². The standard InChI is InChI=1S/C12H15F2NO/c13-10-6-8(12(16)7-11(10)14)5-9-3-1-2-4-15-9/h6-7,9,15-16H,1-5H2. The molecule has 1 atom stereocenters. The van der Waals surface area contributed by atoms with Crippen LogP contribution in [-0.2, 0) is 6.42 Å². The van der Waals surface area contributed by atoms with Crippen molar-refractivity contribution in [2.24, 2.45) is 0 Å². The van der Waals surface area contributed by atoms with E-state index < -0.39 is 11.6 Å². The summed E-state index contributed by atoms with van der Waals surface area (Å²) in [5.74, 6) is -2.06. The Balaban J connectivity index is 2.11. The summed E-state index contributed by atoms with van der Waals surface area (Å²) >= 11 is 0. The zero-order chi connectivity index (χ0) is 11.5. The second-order valence-electron chi connectivity index (χ2n) is 4.25. The molecule has 2 rings (SSSR count). The van der Waals surface area contributed by atoms with Gasteiger partial charge in [0.25, 0.3) is 0 Å². The Morgan fingerprint density at radius 1 is 1.25 bits per heavy atom. The molecule has 16 heavy (non-hydrogen) atoms. The molecule has 1 saturated heterocycles. The molecular weight excluding hydrogens is 212 g/mol. The van der Waals surface area contributed by atoms with Crippen LogP contribution in [0.1, 0.15) is 24.8 Å². The quantitative estimate of drug-likeness (QED) is 0.812. The van der Waals surface area contributed by atoms with Crippen LogP contribution in [0, 0.1) is 11.6 Å². The molecule has 88 valence electrons. The zero-order valence-corrected chi connectivity index (χ0v) is 8.97. The van der Waals surface area contributed by atoms with Gasteiger partial charge in [0, 0.05) is 12.1 Å². The number of benzene rings is 1. The Kier molecular flexibility index (Phi) is 3.39. The SMILES string of the molecule is Oc1cc(F)c(F)cc1CC1CCCCN1. The van der Waals surface area contributed by atoms with E-state index in [0.29, 0.717) is 12.0 Å². The first kappa shape index (κ1) is 11.3. The Morgan fingerprint density at radius 2 is 2.00 bits per heavy atom. The number of halogens is 2. The monoisotopic (exact) mass is 227 g/mol. The van der Waals surface area contributed by atoms with E-state index in [0.717, 1.165) is 37.9 Å². The fraction of sp³-hybridized carbons (Fsp3) is 0.500. The molecule has 1 aromatic carbocycles. The van der Waals surface area contributed by atoms with Crippen molar-refractivity contribution in [3.8, 4) is 5.75 Å². The van der Waals surface area contributed by atoms with Gasteiger partial charge in [0.1, 0.15) is 5.75 Å². The normalized spacial score (nSPS) is 21.0. The molecule has 0 aromatic heterocycles. The van der Waals surface area contributed by atoms with Gasteiger partial charge in [-0.3, -0.25) is 0 Å². The third-order valence-electron chi connectivity index (χ3n) is 3.00. The molecule has 0 spiro atoms. The van der Waals surface area contributed by atoms with Gasteiger partial charge in [0.2, 0.25) is 0 Å². The summed E-state index contributed by atoms with van der Waals surface area (Å²) in [4.78, 5) is 0. The van der Waals surface area contributed by atoms with Crippen molar-refractivity contribution in [2.75, 3.05) is 6.54 Å². The minimum Gasteiger partial charge on any atom is -0.508 e. The highest BCUT2D eigenvalue weighted by Gasteiger charge is 2.16. The van der Waals surface area contributed by atoms with E-state index in [1.54, 1.807) is 0 Å². The lowest BCUT2D eigenvalue weighted by Gasteiger charge is -2.23. The first-order chi connectivity index (χ1) is 7.66. The largest absolute Gasteiger partial charge is 0.508 e. The topological polar surface area (TPSA) is 32.3 Å². The Morgan fingerprint density at radius 3 is 2.69 bits per heavy atom. The molecule has 0 aliphatic carbocycles. The van der Waals surface area contributed by atoms with Crippen molar-refractivity contribution in [1.29, 1.82) is 0 Å². The molecule has 1 fully saturated rings. The van der Waals surface area contributed by atoms with Crippen LogP contribution in [0.4, 0.5) is 8.78 Å². The second-order valence-corrected chi connectivity index (χ2v) is 4.25. The number of piperidine rings is 1. The van der Waals surface area contributed by atoms with Gasteiger partial charge in [-0.15, -0.1) is 0 Å². The number of phenols is 1. The van der Waals surface area contributed by atoms with Crippen LogP contribution in [-0.4, -0.2) is 17.7 Å². The second kappa shape index (κ2) is 4.78. The first-order valence-corrected chi connectivity index (χ1v) is 5.57. The lowest BCUT2D eigenvalue weighted by atomic mass is 9.97. The summed E-state index contributed by atoms with van der Waals surface area (Å²) < 4.78 is 25.8. The van der Waals surface area contributed by atoms with E-state index >= 15 is 0 Å². The average Bonchev–Trinajstić information content (AvgIpc) is 2.27. The molecule has 1 aliphatic heterocycles. The summed E-state index contributed by atoms with van der Waals surface area (Å²) in [7, 11) is 0. The number of aromatic hydroxyl groups is 1. The van der Waals surface area contributed by atoms with Gasteiger partial charge in [0.15, 0.2) is 11.6 Å². The molecule has 1 aliphatic rings. The summed E-state index contributed by atoms with van der Waals surface area (Å²) in [5.41, 5.74) is 0.471. The van der Waals surface area contributed by atoms with Crippen LogP contribution in [0.25, 0.3) is 0 Å². The van der Waals surface area contributed by atoms with E-state index in [1.807, 2.05) is 0 Å². The van der Waals surface area contributed by atoms with Crippen molar-refractivity contribution in [3.63, 3.8) is 0 Å². The highest BCUT2D eigenvalue weighted by Crippen LogP contribution is 2.23. The summed E-state index contributed by atoms with van der Waals surface area (Å²) in [6, 6.07) is 2.18. The lowest BCUT2D eigenvalue weighted by molar-refractivity contribution is 0.388. The molecule has 1 heterocycles. The lowest BCUT2D eigenvalue weighted by Crippen LogP contribution is -2.35. The van der Waals surface area contributed by atoms with Crippen LogP contribution in [0.15, 0.2) is 12.1 Å². The van der Waals surface area contributed by atoms with E-state index in [1.165, 1.54) is 0 Å². The molecule has 0 amide bonds. The summed E-state index contributed by atoms with van der Waals surface area (Å²) in [6.45, 7) is 0.953. The third kappa shape index (κ3) is 2.50. The number of rotatable bonds is 2. The molecule has 1 aromatic rings. The molecule has 2 N–H and O–H groups in total. The molecule has 2 nitrogen and oxygen atoms in total. The van der Waals surface area contributed by atoms with Gasteiger partial charge in [-0.25, -0.2) is 8.78 Å². The molecular formula is C12H15F2NO. The maximum absolute atomic E-state index is 13.0. The Hall–Kier alpha value is -1.16. The highest BCUT2D eigenvalue weighted by molar-refractivity contribution is 5.34. The fourth-order valence-electron chi connectivity index (χ4n) is 2.10. The van der Waals surface area contributed by atoms with Crippen LogP contribution in [0.5, 0.6) is 5.75 Å². The zero-order valence-electron chi connectivity index (χ0n) is 8.97. The van der Waals surface area contributed by atoms with Gasteiger partial charge in [-0.2, -0.15) is 0 Å². The van der Waals surface area contributed by atoms with Crippen molar-refractivity contribution in [3.05, 3.63) is 29.3 Å². The van der Waals surface area contributed by atoms with Crippen molar-refractivity contribution >= 4 is 0 Å². The van der Waals surface area contributed by atoms with Crippen molar-refractivity contribution in [2.45, 2.75) is 31.7 Å². The van der Waals surface area contributed by atoms with Crippen molar-refractivity contribution < 1.29 is 13.9 Å². The van der Waals surface area contributed by atoms with Crippen LogP contribution in [0.2, 0.25) is 0 Å². The van der Waals surface area contributed by atoms with Crippen molar-refractivity contribution in [1.82, 2.24) is 5.32 Å². The molecule has 0 bridgehead atoms. The Labute approximate surface area is 93.3 Å². The highest BCUT2D eigenvalue weighted by atomic mass is 19.2. The molecule has 0 saturated carbocycles. The minimum absolute atomic E-state index is 0.161. The van der Waals surface area contributed by atoms with Gasteiger partial charge in [0.05, 0.1) is 0 Å². The molecule has 0 radical (unpaired) electrons. The number of hydrogen-bond acceptors (Lipinski definition) is 2. The number of phenolic OH excluding ortho intramolecular Hbond substituents is 1. The van der Waals surface area contributed by atoms with Gasteiger partial charge >= 0.3 is 0 Å². The molecule has 4 heteroatoms. The maximum Gasteiger partial charge on any atom is 0.162 e. The predicted octanol–water partition coefficient (Wildman–Crippen LogP) is 2.35. The average molecular weight is 227 g/mol. The van der Waals surface area contributed by atoms with Gasteiger partial charge < -0.3 is 10.4 Å². The molecule has 1 unspecified atom stereocenters.